The number of thiophene rings is 3. The zero-order chi connectivity index (χ0) is 101. The van der Waals surface area contributed by atoms with Gasteiger partial charge in [-0.1, -0.05) is 374 Å². The maximum absolute atomic E-state index is 5.53. The van der Waals surface area contributed by atoms with Crippen LogP contribution < -0.4 is 0 Å². The Labute approximate surface area is 880 Å². The van der Waals surface area contributed by atoms with Crippen molar-refractivity contribution in [1.82, 2.24) is 15.0 Å². The summed E-state index contributed by atoms with van der Waals surface area (Å²) in [5.41, 5.74) is 37.5. The molecule has 3 nitrogen and oxygen atoms in total. The Morgan fingerprint density at radius 3 is 0.792 bits per heavy atom. The maximum Gasteiger partial charge on any atom is 0.0794 e. The van der Waals surface area contributed by atoms with Crippen LogP contribution in [0.15, 0.2) is 431 Å². The van der Waals surface area contributed by atoms with Gasteiger partial charge in [-0.05, 0) is 321 Å². The molecule has 0 radical (unpaired) electrons. The average molecular weight is 1960 g/mol. The van der Waals surface area contributed by atoms with Gasteiger partial charge in [-0.2, -0.15) is 0 Å². The molecule has 22 aromatic carbocycles. The van der Waals surface area contributed by atoms with Crippen molar-refractivity contribution >= 4 is 192 Å². The van der Waals surface area contributed by atoms with Crippen LogP contribution in [0, 0.1) is 41.5 Å². The first kappa shape index (κ1) is 92.2. The molecule has 0 aliphatic heterocycles. The summed E-state index contributed by atoms with van der Waals surface area (Å²) in [6.45, 7) is 27.0. The fraction of sp³-hybridized carbons (Fsp3) is 0.0979. The molecule has 0 N–H and O–H groups in total. The van der Waals surface area contributed by atoms with Crippen LogP contribution in [0.5, 0.6) is 0 Å². The molecule has 28 rings (SSSR count). The van der Waals surface area contributed by atoms with E-state index in [1.54, 1.807) is 0 Å². The average Bonchev–Trinajstić information content (AvgIpc) is 1.37. The number of rotatable bonds is 10. The van der Waals surface area contributed by atoms with E-state index in [9.17, 15) is 0 Å². The van der Waals surface area contributed by atoms with E-state index in [1.807, 2.05) is 34.0 Å². The number of aromatic nitrogens is 3. The SMILES string of the molecule is CC(C)(C)c1ccc2c(c1)c1ccc(-c3cccc(-c4cccc5c4sc4ccccc45)c3)nc1c1cc(C(C)(C)C)ccc21.Cc1cc(C)c(-c2ccc3c(c2)c2cc(-c4c(C)cc(C)cc4C)ccc2c2nc(-c4cccc(-c5cccc6c5sc5ccccc56)c4)ccc32)c(C)c1.c1ccc(-c2ccc3c(c2)c2cc(-c4ccccc4)ccc2c2nc(-c4cccc(-c5cccc6c5sc5ccccc56)c4)ccc32)cc1. The minimum atomic E-state index is 0.0467. The van der Waals surface area contributed by atoms with Crippen molar-refractivity contribution in [2.45, 2.75) is 93.9 Å². The van der Waals surface area contributed by atoms with E-state index in [0.29, 0.717) is 0 Å². The first-order chi connectivity index (χ1) is 72.6. The lowest BCUT2D eigenvalue weighted by Gasteiger charge is -2.22. The van der Waals surface area contributed by atoms with E-state index >= 15 is 0 Å². The number of aryl methyl sites for hydroxylation is 6. The molecule has 0 bridgehead atoms. The molecule has 28 aromatic rings. The Morgan fingerprint density at radius 1 is 0.168 bits per heavy atom. The van der Waals surface area contributed by atoms with Gasteiger partial charge in [-0.15, -0.1) is 34.0 Å². The molecule has 0 atom stereocenters. The van der Waals surface area contributed by atoms with E-state index in [1.165, 1.54) is 264 Å². The molecule has 149 heavy (non-hydrogen) atoms. The molecule has 0 amide bonds. The Balaban J connectivity index is 0.000000113. The van der Waals surface area contributed by atoms with Gasteiger partial charge in [0, 0.05) is 110 Å². The van der Waals surface area contributed by atoms with Gasteiger partial charge < -0.3 is 0 Å². The van der Waals surface area contributed by atoms with Crippen LogP contribution in [0.2, 0.25) is 0 Å². The zero-order valence-corrected chi connectivity index (χ0v) is 88.0. The third-order valence-corrected chi connectivity index (χ3v) is 34.5. The van der Waals surface area contributed by atoms with Gasteiger partial charge >= 0.3 is 0 Å². The lowest BCUT2D eigenvalue weighted by molar-refractivity contribution is 0.591. The minimum Gasteiger partial charge on any atom is -0.247 e. The molecule has 6 heterocycles. The van der Waals surface area contributed by atoms with Crippen molar-refractivity contribution in [1.29, 1.82) is 0 Å². The second-order valence-corrected chi connectivity index (χ2v) is 45.9. The van der Waals surface area contributed by atoms with Crippen LogP contribution in [0.1, 0.15) is 86.1 Å². The number of nitrogens with zero attached hydrogens (tertiary/aromatic N) is 3. The Hall–Kier alpha value is -16.7. The summed E-state index contributed by atoms with van der Waals surface area (Å²) < 4.78 is 7.97. The summed E-state index contributed by atoms with van der Waals surface area (Å²) in [6, 6.07) is 159. The van der Waals surface area contributed by atoms with Gasteiger partial charge in [0.2, 0.25) is 0 Å². The lowest BCUT2D eigenvalue weighted by Crippen LogP contribution is -2.11. The van der Waals surface area contributed by atoms with Crippen LogP contribution in [-0.4, -0.2) is 15.0 Å². The topological polar surface area (TPSA) is 38.7 Å². The number of pyridine rings is 3. The molecule has 0 saturated heterocycles. The predicted octanol–water partition coefficient (Wildman–Crippen LogP) is 41.8. The van der Waals surface area contributed by atoms with E-state index in [-0.39, 0.29) is 10.8 Å². The third kappa shape index (κ3) is 16.4. The number of benzene rings is 22. The molecule has 0 fully saturated rings. The van der Waals surface area contributed by atoms with Crippen molar-refractivity contribution in [3.8, 4) is 112 Å². The fourth-order valence-corrected chi connectivity index (χ4v) is 27.4. The second kappa shape index (κ2) is 36.7. The number of fused-ring (bicyclic) bond motifs is 27. The second-order valence-electron chi connectivity index (χ2n) is 42.7. The van der Waals surface area contributed by atoms with Crippen molar-refractivity contribution in [3.05, 3.63) is 475 Å². The Bertz CT molecular complexity index is 10300. The van der Waals surface area contributed by atoms with Gasteiger partial charge in [-0.25, -0.2) is 15.0 Å². The highest BCUT2D eigenvalue weighted by Gasteiger charge is 2.26. The number of hydrogen-bond acceptors (Lipinski definition) is 6. The van der Waals surface area contributed by atoms with Gasteiger partial charge in [0.15, 0.2) is 0 Å². The maximum atomic E-state index is 5.53. The summed E-state index contributed by atoms with van der Waals surface area (Å²) in [6.07, 6.45) is 0. The summed E-state index contributed by atoms with van der Waals surface area (Å²) in [7, 11) is 0. The van der Waals surface area contributed by atoms with Gasteiger partial charge in [0.1, 0.15) is 0 Å². The molecule has 0 aliphatic carbocycles. The van der Waals surface area contributed by atoms with Crippen molar-refractivity contribution in [3.63, 3.8) is 0 Å². The molecular weight excluding hydrogens is 1860 g/mol. The molecular formula is C143H107N3S3. The van der Waals surface area contributed by atoms with Crippen molar-refractivity contribution in [2.24, 2.45) is 0 Å². The largest absolute Gasteiger partial charge is 0.247 e. The first-order valence-corrected chi connectivity index (χ1v) is 54.2. The molecule has 0 aliphatic rings. The highest BCUT2D eigenvalue weighted by Crippen LogP contribution is 2.50. The van der Waals surface area contributed by atoms with Crippen LogP contribution >= 0.6 is 34.0 Å². The summed E-state index contributed by atoms with van der Waals surface area (Å²) in [5.74, 6) is 0. The molecule has 712 valence electrons. The molecule has 0 spiro atoms. The normalized spacial score (nSPS) is 12.0. The highest BCUT2D eigenvalue weighted by atomic mass is 32.1. The highest BCUT2D eigenvalue weighted by molar-refractivity contribution is 7.27. The monoisotopic (exact) mass is 1960 g/mol. The lowest BCUT2D eigenvalue weighted by atomic mass is 9.83. The summed E-state index contributed by atoms with van der Waals surface area (Å²) in [4.78, 5) is 16.4. The summed E-state index contributed by atoms with van der Waals surface area (Å²) in [5, 5.41) is 26.3. The summed E-state index contributed by atoms with van der Waals surface area (Å²) >= 11 is 5.63. The molecule has 6 heteroatoms. The number of hydrogen-bond donors (Lipinski definition) is 0. The fourth-order valence-electron chi connectivity index (χ4n) is 23.7. The smallest absolute Gasteiger partial charge is 0.0794 e. The van der Waals surface area contributed by atoms with E-state index in [4.69, 9.17) is 15.0 Å². The van der Waals surface area contributed by atoms with Crippen LogP contribution in [-0.2, 0) is 10.8 Å². The first-order valence-electron chi connectivity index (χ1n) is 51.8. The van der Waals surface area contributed by atoms with Gasteiger partial charge in [0.25, 0.3) is 0 Å². The van der Waals surface area contributed by atoms with Crippen molar-refractivity contribution < 1.29 is 0 Å². The van der Waals surface area contributed by atoms with E-state index in [0.717, 1.165) is 50.3 Å². The predicted molar refractivity (Wildman–Crippen MR) is 649 cm³/mol. The van der Waals surface area contributed by atoms with Gasteiger partial charge in [0.05, 0.1) is 33.6 Å². The van der Waals surface area contributed by atoms with Gasteiger partial charge in [-0.3, -0.25) is 0 Å². The standard InChI is InChI=1S/C53H41NS.C47H29NS.C43H37NS/c1-30-23-32(3)50(33(4)24-30)38-17-19-41-43-21-22-48(37-12-9-11-36(27-37)40-14-10-15-45-42-13-7-8-16-49(42)55-53(40)45)54-52(43)44-20-18-39(29-47(44)46(41)28-38)51-34(5)25-31(2)26-35(51)6;1-3-11-30(12-4-1)32-21-23-37-39-25-26-44(48-46(39)40-24-22-33(29-43(40)42(37)28-32)31-13-5-2-6-14-31)35-16-9-15-34(27-35)36-18-10-19-41-38-17-7-8-20-45(38)49-47(36)41;1-42(2,3)28-17-19-31-32-20-18-29(43(4,5)6)25-37(32)40-34(36(31)24-28)21-22-38(44-40)27-12-9-11-26(23-27)30-14-10-15-35-33-13-7-8-16-39(33)45-41(30)35/h7-29H,1-6H3;1-29H;7-25H,1-6H3. The van der Waals surface area contributed by atoms with Crippen LogP contribution in [0.3, 0.4) is 0 Å². The van der Waals surface area contributed by atoms with E-state index in [2.05, 4.69) is 514 Å². The third-order valence-electron chi connectivity index (χ3n) is 30.8. The molecule has 0 unspecified atom stereocenters. The van der Waals surface area contributed by atoms with Crippen molar-refractivity contribution in [2.75, 3.05) is 0 Å². The Morgan fingerprint density at radius 2 is 0.423 bits per heavy atom. The van der Waals surface area contributed by atoms with Crippen LogP contribution in [0.25, 0.3) is 270 Å². The van der Waals surface area contributed by atoms with Crippen LogP contribution in [0.4, 0.5) is 0 Å². The van der Waals surface area contributed by atoms with E-state index < -0.39 is 0 Å². The zero-order valence-electron chi connectivity index (χ0n) is 85.6. The minimum absolute atomic E-state index is 0.0467. The molecule has 6 aromatic heterocycles. The quantitative estimate of drug-likeness (QED) is 0.128. The molecule has 0 saturated carbocycles. The Kier molecular flexibility index (Phi) is 22.7.